The molecule has 5 heteroatoms. The molecule has 1 aromatic rings. The maximum absolute atomic E-state index is 12.2. The number of hydrogen-bond donors (Lipinski definition) is 0. The summed E-state index contributed by atoms with van der Waals surface area (Å²) in [4.78, 5) is 16.4. The number of amides is 1. The third-order valence-electron chi connectivity index (χ3n) is 3.98. The highest BCUT2D eigenvalue weighted by atomic mass is 35.5. The average molecular weight is 309 g/mol. The quantitative estimate of drug-likeness (QED) is 0.737. The van der Waals surface area contributed by atoms with Crippen LogP contribution in [-0.2, 0) is 11.2 Å². The van der Waals surface area contributed by atoms with Crippen molar-refractivity contribution in [1.29, 1.82) is 0 Å². The molecule has 1 saturated heterocycles. The van der Waals surface area contributed by atoms with Gasteiger partial charge in [-0.1, -0.05) is 17.7 Å². The summed E-state index contributed by atoms with van der Waals surface area (Å²) in [5.74, 6) is 0. The van der Waals surface area contributed by atoms with E-state index in [-0.39, 0.29) is 6.09 Å². The van der Waals surface area contributed by atoms with E-state index >= 15 is 0 Å². The zero-order valence-electron chi connectivity index (χ0n) is 12.7. The highest BCUT2D eigenvalue weighted by Crippen LogP contribution is 2.38. The van der Waals surface area contributed by atoms with Crippen LogP contribution in [-0.4, -0.2) is 42.3 Å². The second-order valence-corrected chi connectivity index (χ2v) is 7.12. The largest absolute Gasteiger partial charge is 0.444 e. The Kier molecular flexibility index (Phi) is 3.52. The number of piperazine rings is 1. The minimum Gasteiger partial charge on any atom is -0.444 e. The summed E-state index contributed by atoms with van der Waals surface area (Å²) in [6.07, 6.45) is 0.679. The number of benzene rings is 1. The van der Waals surface area contributed by atoms with E-state index in [1.165, 1.54) is 11.3 Å². The molecule has 1 amide bonds. The van der Waals surface area contributed by atoms with Gasteiger partial charge >= 0.3 is 6.09 Å². The fraction of sp³-hybridized carbons (Fsp3) is 0.562. The van der Waals surface area contributed by atoms with Gasteiger partial charge in [-0.25, -0.2) is 4.79 Å². The van der Waals surface area contributed by atoms with E-state index in [0.717, 1.165) is 18.0 Å². The zero-order chi connectivity index (χ0) is 15.2. The second-order valence-electron chi connectivity index (χ2n) is 6.72. The lowest BCUT2D eigenvalue weighted by molar-refractivity contribution is 0.0217. The molecule has 4 nitrogen and oxygen atoms in total. The first kappa shape index (κ1) is 14.5. The Morgan fingerprint density at radius 3 is 2.81 bits per heavy atom. The van der Waals surface area contributed by atoms with Gasteiger partial charge in [-0.2, -0.15) is 0 Å². The molecule has 1 unspecified atom stereocenters. The molecule has 0 saturated carbocycles. The van der Waals surface area contributed by atoms with Crippen LogP contribution < -0.4 is 4.90 Å². The van der Waals surface area contributed by atoms with Gasteiger partial charge in [0.25, 0.3) is 0 Å². The summed E-state index contributed by atoms with van der Waals surface area (Å²) >= 11 is 6.29. The minimum absolute atomic E-state index is 0.218. The molecule has 1 atom stereocenters. The minimum atomic E-state index is -0.448. The zero-order valence-corrected chi connectivity index (χ0v) is 13.5. The Hall–Kier alpha value is -1.42. The highest BCUT2D eigenvalue weighted by Gasteiger charge is 2.37. The molecule has 0 bridgehead atoms. The first-order valence-electron chi connectivity index (χ1n) is 7.37. The van der Waals surface area contributed by atoms with Gasteiger partial charge in [0, 0.05) is 30.3 Å². The normalized spacial score (nSPS) is 21.0. The van der Waals surface area contributed by atoms with Crippen LogP contribution in [0.1, 0.15) is 26.3 Å². The number of rotatable bonds is 0. The number of anilines is 1. The molecule has 1 aromatic carbocycles. The van der Waals surface area contributed by atoms with E-state index in [1.807, 2.05) is 37.8 Å². The molecule has 3 rings (SSSR count). The smallest absolute Gasteiger partial charge is 0.410 e. The van der Waals surface area contributed by atoms with Crippen molar-refractivity contribution in [2.24, 2.45) is 0 Å². The Morgan fingerprint density at radius 2 is 2.10 bits per heavy atom. The summed E-state index contributed by atoms with van der Waals surface area (Å²) in [5, 5.41) is 0.825. The molecule has 114 valence electrons. The van der Waals surface area contributed by atoms with Gasteiger partial charge in [0.1, 0.15) is 5.60 Å². The molecule has 2 heterocycles. The van der Waals surface area contributed by atoms with E-state index in [2.05, 4.69) is 11.0 Å². The maximum Gasteiger partial charge on any atom is 0.410 e. The topological polar surface area (TPSA) is 32.8 Å². The van der Waals surface area contributed by atoms with Crippen LogP contribution in [0.4, 0.5) is 10.5 Å². The van der Waals surface area contributed by atoms with Crippen molar-refractivity contribution in [2.45, 2.75) is 38.8 Å². The lowest BCUT2D eigenvalue weighted by Gasteiger charge is -2.39. The van der Waals surface area contributed by atoms with Gasteiger partial charge in [0.15, 0.2) is 0 Å². The first-order valence-corrected chi connectivity index (χ1v) is 7.75. The summed E-state index contributed by atoms with van der Waals surface area (Å²) in [6, 6.07) is 6.35. The fourth-order valence-corrected chi connectivity index (χ4v) is 3.34. The molecule has 2 aliphatic rings. The van der Waals surface area contributed by atoms with Gasteiger partial charge in [-0.05, 0) is 44.9 Å². The monoisotopic (exact) mass is 308 g/mol. The van der Waals surface area contributed by atoms with Crippen LogP contribution in [0.25, 0.3) is 0 Å². The Bertz CT molecular complexity index is 568. The van der Waals surface area contributed by atoms with E-state index < -0.39 is 5.60 Å². The van der Waals surface area contributed by atoms with Crippen molar-refractivity contribution in [3.05, 3.63) is 28.8 Å². The number of fused-ring (bicyclic) bond motifs is 3. The van der Waals surface area contributed by atoms with E-state index in [9.17, 15) is 4.79 Å². The van der Waals surface area contributed by atoms with Crippen molar-refractivity contribution in [3.8, 4) is 0 Å². The first-order chi connectivity index (χ1) is 9.85. The molecule has 1 fully saturated rings. The van der Waals surface area contributed by atoms with E-state index in [1.54, 1.807) is 0 Å². The maximum atomic E-state index is 12.2. The molecule has 0 N–H and O–H groups in total. The molecule has 2 aliphatic heterocycles. The average Bonchev–Trinajstić information content (AvgIpc) is 2.76. The van der Waals surface area contributed by atoms with Crippen LogP contribution in [0.5, 0.6) is 0 Å². The van der Waals surface area contributed by atoms with E-state index in [4.69, 9.17) is 16.3 Å². The van der Waals surface area contributed by atoms with E-state index in [0.29, 0.717) is 19.1 Å². The lowest BCUT2D eigenvalue weighted by Crippen LogP contribution is -2.54. The Balaban J connectivity index is 1.72. The van der Waals surface area contributed by atoms with Crippen molar-refractivity contribution in [1.82, 2.24) is 4.90 Å². The van der Waals surface area contributed by atoms with Crippen LogP contribution in [0, 0.1) is 0 Å². The molecule has 0 radical (unpaired) electrons. The van der Waals surface area contributed by atoms with Crippen molar-refractivity contribution < 1.29 is 9.53 Å². The van der Waals surface area contributed by atoms with Crippen LogP contribution in [0.15, 0.2) is 18.2 Å². The SMILES string of the molecule is CC(C)(C)OC(=O)N1CCN2c3cccc(Cl)c3CC2C1. The third kappa shape index (κ3) is 2.82. The standard InChI is InChI=1S/C16H21ClN2O2/c1-16(2,3)21-15(20)18-7-8-19-11(10-18)9-12-13(17)5-4-6-14(12)19/h4-6,11H,7-10H2,1-3H3. The molecule has 0 spiro atoms. The highest BCUT2D eigenvalue weighted by molar-refractivity contribution is 6.31. The summed E-state index contributed by atoms with van der Waals surface area (Å²) in [6.45, 7) is 7.90. The van der Waals surface area contributed by atoms with Gasteiger partial charge in [0.2, 0.25) is 0 Å². The summed E-state index contributed by atoms with van der Waals surface area (Å²) in [5.41, 5.74) is 1.97. The van der Waals surface area contributed by atoms with Crippen molar-refractivity contribution in [3.63, 3.8) is 0 Å². The third-order valence-corrected chi connectivity index (χ3v) is 4.33. The Morgan fingerprint density at radius 1 is 1.33 bits per heavy atom. The van der Waals surface area contributed by atoms with Crippen molar-refractivity contribution in [2.75, 3.05) is 24.5 Å². The van der Waals surface area contributed by atoms with Gasteiger partial charge in [-0.15, -0.1) is 0 Å². The van der Waals surface area contributed by atoms with Crippen LogP contribution in [0.3, 0.4) is 0 Å². The van der Waals surface area contributed by atoms with Crippen LogP contribution >= 0.6 is 11.6 Å². The number of ether oxygens (including phenoxy) is 1. The van der Waals surface area contributed by atoms with Gasteiger partial charge in [0.05, 0.1) is 6.04 Å². The molecule has 0 aromatic heterocycles. The number of carbonyl (C=O) groups excluding carboxylic acids is 1. The molecular formula is C16H21ClN2O2. The predicted molar refractivity (Wildman–Crippen MR) is 84.1 cm³/mol. The van der Waals surface area contributed by atoms with Gasteiger partial charge < -0.3 is 14.5 Å². The number of nitrogens with zero attached hydrogens (tertiary/aromatic N) is 2. The number of halogens is 1. The summed E-state index contributed by atoms with van der Waals surface area (Å²) in [7, 11) is 0. The lowest BCUT2D eigenvalue weighted by atomic mass is 10.1. The second kappa shape index (κ2) is 5.09. The van der Waals surface area contributed by atoms with Gasteiger partial charge in [-0.3, -0.25) is 0 Å². The number of carbonyl (C=O) groups is 1. The van der Waals surface area contributed by atoms with Crippen molar-refractivity contribution >= 4 is 23.4 Å². The molecule has 21 heavy (non-hydrogen) atoms. The molecule has 0 aliphatic carbocycles. The molecular weight excluding hydrogens is 288 g/mol. The Labute approximate surface area is 130 Å². The van der Waals surface area contributed by atoms with Crippen LogP contribution in [0.2, 0.25) is 5.02 Å². The number of hydrogen-bond acceptors (Lipinski definition) is 3. The predicted octanol–water partition coefficient (Wildman–Crippen LogP) is 3.32. The fourth-order valence-electron chi connectivity index (χ4n) is 3.09. The summed E-state index contributed by atoms with van der Waals surface area (Å²) < 4.78 is 5.47.